The highest BCUT2D eigenvalue weighted by Crippen LogP contribution is 2.41. The van der Waals surface area contributed by atoms with Crippen LogP contribution in [-0.4, -0.2) is 29.7 Å². The van der Waals surface area contributed by atoms with E-state index in [1.54, 1.807) is 7.05 Å². The van der Waals surface area contributed by atoms with Crippen molar-refractivity contribution in [2.24, 2.45) is 11.8 Å². The first-order chi connectivity index (χ1) is 5.20. The van der Waals surface area contributed by atoms with Crippen molar-refractivity contribution in [2.75, 3.05) is 13.8 Å². The fourth-order valence-corrected chi connectivity index (χ4v) is 1.35. The zero-order valence-electron chi connectivity index (χ0n) is 7.08. The molecule has 0 heterocycles. The molecule has 0 radical (unpaired) electrons. The summed E-state index contributed by atoms with van der Waals surface area (Å²) in [6, 6.07) is 0. The van der Waals surface area contributed by atoms with E-state index in [4.69, 9.17) is 5.11 Å². The molecule has 0 aromatic carbocycles. The van der Waals surface area contributed by atoms with Crippen LogP contribution in [0.15, 0.2) is 0 Å². The predicted molar refractivity (Wildman–Crippen MR) is 41.7 cm³/mol. The number of nitrogens with zero attached hydrogens (tertiary/aromatic N) is 1. The normalized spacial score (nSPS) is 28.3. The molecule has 1 fully saturated rings. The summed E-state index contributed by atoms with van der Waals surface area (Å²) in [5.41, 5.74) is 0. The van der Waals surface area contributed by atoms with Gasteiger partial charge in [-0.3, -0.25) is 4.79 Å². The van der Waals surface area contributed by atoms with E-state index in [2.05, 4.69) is 6.92 Å². The Morgan fingerprint density at radius 1 is 1.73 bits per heavy atom. The largest absolute Gasteiger partial charge is 0.376 e. The molecule has 0 aromatic heterocycles. The Morgan fingerprint density at radius 2 is 2.36 bits per heavy atom. The molecule has 2 unspecified atom stereocenters. The Kier molecular flexibility index (Phi) is 2.49. The van der Waals surface area contributed by atoms with E-state index in [1.807, 2.05) is 0 Å². The average Bonchev–Trinajstić information content (AvgIpc) is 2.80. The van der Waals surface area contributed by atoms with Gasteiger partial charge in [-0.15, -0.1) is 0 Å². The number of aliphatic hydroxyl groups excluding tert-OH is 1. The summed E-state index contributed by atoms with van der Waals surface area (Å²) >= 11 is 0. The van der Waals surface area contributed by atoms with E-state index in [1.165, 1.54) is 4.90 Å². The molecule has 0 saturated heterocycles. The van der Waals surface area contributed by atoms with Gasteiger partial charge in [0, 0.05) is 13.0 Å². The molecular weight excluding hydrogens is 142 g/mol. The fourth-order valence-electron chi connectivity index (χ4n) is 1.35. The summed E-state index contributed by atoms with van der Waals surface area (Å²) in [5, 5.41) is 8.65. The van der Waals surface area contributed by atoms with E-state index in [0.717, 1.165) is 12.8 Å². The smallest absolute Gasteiger partial charge is 0.227 e. The maximum Gasteiger partial charge on any atom is 0.227 e. The number of amides is 1. The van der Waals surface area contributed by atoms with Crippen molar-refractivity contribution < 1.29 is 9.90 Å². The van der Waals surface area contributed by atoms with Gasteiger partial charge in [0.15, 0.2) is 0 Å². The van der Waals surface area contributed by atoms with Gasteiger partial charge in [-0.2, -0.15) is 0 Å². The van der Waals surface area contributed by atoms with E-state index in [9.17, 15) is 4.79 Å². The molecule has 0 aromatic rings. The Hall–Kier alpha value is -0.570. The quantitative estimate of drug-likeness (QED) is 0.604. The summed E-state index contributed by atoms with van der Waals surface area (Å²) in [4.78, 5) is 12.6. The minimum atomic E-state index is -0.161. The van der Waals surface area contributed by atoms with Gasteiger partial charge in [0.1, 0.15) is 6.73 Å². The highest BCUT2D eigenvalue weighted by Gasteiger charge is 2.42. The number of carbonyl (C=O) groups excluding carboxylic acids is 1. The summed E-state index contributed by atoms with van der Waals surface area (Å²) in [6.07, 6.45) is 2.09. The maximum atomic E-state index is 11.3. The minimum absolute atomic E-state index is 0.0966. The van der Waals surface area contributed by atoms with Crippen LogP contribution in [0.1, 0.15) is 19.8 Å². The lowest BCUT2D eigenvalue weighted by Gasteiger charge is -2.12. The van der Waals surface area contributed by atoms with E-state index < -0.39 is 0 Å². The summed E-state index contributed by atoms with van der Waals surface area (Å²) in [7, 11) is 1.63. The van der Waals surface area contributed by atoms with Crippen LogP contribution in [0.4, 0.5) is 0 Å². The van der Waals surface area contributed by atoms with Crippen molar-refractivity contribution in [1.29, 1.82) is 0 Å². The molecule has 11 heavy (non-hydrogen) atoms. The van der Waals surface area contributed by atoms with E-state index >= 15 is 0 Å². The molecule has 1 amide bonds. The van der Waals surface area contributed by atoms with E-state index in [-0.39, 0.29) is 18.6 Å². The lowest BCUT2D eigenvalue weighted by molar-refractivity contribution is -0.134. The van der Waals surface area contributed by atoms with Crippen molar-refractivity contribution in [3.05, 3.63) is 0 Å². The van der Waals surface area contributed by atoms with Gasteiger partial charge in [0.2, 0.25) is 5.91 Å². The van der Waals surface area contributed by atoms with Crippen LogP contribution in [0.5, 0.6) is 0 Å². The maximum absolute atomic E-state index is 11.3. The Balaban J connectivity index is 2.33. The summed E-state index contributed by atoms with van der Waals surface area (Å²) < 4.78 is 0. The lowest BCUT2D eigenvalue weighted by atomic mass is 10.2. The van der Waals surface area contributed by atoms with Crippen LogP contribution >= 0.6 is 0 Å². The molecule has 1 aliphatic carbocycles. The third-order valence-corrected chi connectivity index (χ3v) is 2.35. The van der Waals surface area contributed by atoms with Crippen LogP contribution < -0.4 is 0 Å². The van der Waals surface area contributed by atoms with Crippen LogP contribution in [0.3, 0.4) is 0 Å². The monoisotopic (exact) mass is 157 g/mol. The number of carbonyl (C=O) groups is 1. The molecule has 3 nitrogen and oxygen atoms in total. The SMILES string of the molecule is CCC1CC1C(=O)N(C)CO. The second-order valence-electron chi connectivity index (χ2n) is 3.19. The van der Waals surface area contributed by atoms with Crippen molar-refractivity contribution in [1.82, 2.24) is 4.90 Å². The second kappa shape index (κ2) is 3.22. The molecule has 2 atom stereocenters. The van der Waals surface area contributed by atoms with Gasteiger partial charge in [-0.25, -0.2) is 0 Å². The molecule has 0 aliphatic heterocycles. The Morgan fingerprint density at radius 3 is 2.73 bits per heavy atom. The predicted octanol–water partition coefficient (Wildman–Crippen LogP) is 0.441. The highest BCUT2D eigenvalue weighted by molar-refractivity contribution is 5.81. The molecular formula is C8H15NO2. The van der Waals surface area contributed by atoms with Crippen LogP contribution in [0.2, 0.25) is 0 Å². The molecule has 1 aliphatic rings. The van der Waals surface area contributed by atoms with Crippen LogP contribution in [-0.2, 0) is 4.79 Å². The molecule has 0 bridgehead atoms. The van der Waals surface area contributed by atoms with Crippen LogP contribution in [0.25, 0.3) is 0 Å². The topological polar surface area (TPSA) is 40.5 Å². The highest BCUT2D eigenvalue weighted by atomic mass is 16.3. The van der Waals surface area contributed by atoms with Gasteiger partial charge in [-0.1, -0.05) is 13.3 Å². The first-order valence-corrected chi connectivity index (χ1v) is 4.06. The molecule has 3 heteroatoms. The van der Waals surface area contributed by atoms with Gasteiger partial charge < -0.3 is 10.0 Å². The third-order valence-electron chi connectivity index (χ3n) is 2.35. The van der Waals surface area contributed by atoms with Crippen molar-refractivity contribution in [3.8, 4) is 0 Å². The Labute approximate surface area is 67.0 Å². The lowest BCUT2D eigenvalue weighted by Crippen LogP contribution is -2.29. The number of hydrogen-bond donors (Lipinski definition) is 1. The number of hydrogen-bond acceptors (Lipinski definition) is 2. The van der Waals surface area contributed by atoms with Gasteiger partial charge in [0.25, 0.3) is 0 Å². The van der Waals surface area contributed by atoms with Crippen molar-refractivity contribution >= 4 is 5.91 Å². The summed E-state index contributed by atoms with van der Waals surface area (Å²) in [5.74, 6) is 0.882. The molecule has 1 rings (SSSR count). The molecule has 1 saturated carbocycles. The first-order valence-electron chi connectivity index (χ1n) is 4.06. The van der Waals surface area contributed by atoms with Crippen molar-refractivity contribution in [3.63, 3.8) is 0 Å². The standard InChI is InChI=1S/C8H15NO2/c1-3-6-4-7(6)8(11)9(2)5-10/h6-7,10H,3-5H2,1-2H3. The Bertz CT molecular complexity index is 158. The van der Waals surface area contributed by atoms with Gasteiger partial charge in [0.05, 0.1) is 0 Å². The zero-order chi connectivity index (χ0) is 8.43. The molecule has 64 valence electrons. The first kappa shape index (κ1) is 8.53. The van der Waals surface area contributed by atoms with Gasteiger partial charge >= 0.3 is 0 Å². The number of aliphatic hydroxyl groups is 1. The van der Waals surface area contributed by atoms with E-state index in [0.29, 0.717) is 5.92 Å². The van der Waals surface area contributed by atoms with Crippen molar-refractivity contribution in [2.45, 2.75) is 19.8 Å². The minimum Gasteiger partial charge on any atom is -0.376 e. The second-order valence-corrected chi connectivity index (χ2v) is 3.19. The third kappa shape index (κ3) is 1.71. The molecule has 1 N–H and O–H groups in total. The van der Waals surface area contributed by atoms with Gasteiger partial charge in [-0.05, 0) is 12.3 Å². The number of rotatable bonds is 3. The average molecular weight is 157 g/mol. The molecule has 0 spiro atoms. The summed E-state index contributed by atoms with van der Waals surface area (Å²) in [6.45, 7) is 1.93. The fraction of sp³-hybridized carbons (Fsp3) is 0.875. The van der Waals surface area contributed by atoms with Crippen LogP contribution in [0, 0.1) is 11.8 Å². The zero-order valence-corrected chi connectivity index (χ0v) is 7.08.